The van der Waals surface area contributed by atoms with Gasteiger partial charge in [-0.15, -0.1) is 5.10 Å². The van der Waals surface area contributed by atoms with Crippen LogP contribution in [0.25, 0.3) is 0 Å². The Balaban J connectivity index is 1.73. The largest absolute Gasteiger partial charge is 0.480 e. The summed E-state index contributed by atoms with van der Waals surface area (Å²) in [6.07, 6.45) is 7.25. The van der Waals surface area contributed by atoms with Crippen molar-refractivity contribution in [3.8, 4) is 0 Å². The Hall–Kier alpha value is -2.38. The summed E-state index contributed by atoms with van der Waals surface area (Å²) in [5, 5.41) is 21.5. The molecule has 0 aliphatic heterocycles. The lowest BCUT2D eigenvalue weighted by Gasteiger charge is -2.12. The van der Waals surface area contributed by atoms with Crippen LogP contribution in [0.4, 0.5) is 4.79 Å². The standard InChI is InChI=1S/C11H15N5O3/c17-10(18)7-16-6-9(14-15-16)5-12-11(19)13-8-3-1-2-4-8/h1-2,6,8H,3-5,7H2,(H,17,18)(H2,12,13,19). The lowest BCUT2D eigenvalue weighted by Crippen LogP contribution is -2.40. The fourth-order valence-corrected chi connectivity index (χ4v) is 1.78. The van der Waals surface area contributed by atoms with Crippen molar-refractivity contribution in [2.24, 2.45) is 0 Å². The molecule has 0 unspecified atom stereocenters. The fourth-order valence-electron chi connectivity index (χ4n) is 1.78. The Bertz CT molecular complexity index is 488. The Morgan fingerprint density at radius 3 is 2.84 bits per heavy atom. The van der Waals surface area contributed by atoms with E-state index in [2.05, 4.69) is 20.9 Å². The van der Waals surface area contributed by atoms with Crippen LogP contribution in [0.1, 0.15) is 18.5 Å². The predicted molar refractivity (Wildman–Crippen MR) is 65.2 cm³/mol. The first-order valence-corrected chi connectivity index (χ1v) is 5.93. The molecule has 1 heterocycles. The molecule has 0 fully saturated rings. The minimum absolute atomic E-state index is 0.155. The number of hydrogen-bond acceptors (Lipinski definition) is 4. The SMILES string of the molecule is O=C(O)Cn1cc(CNC(=O)NC2CC=CC2)nn1. The highest BCUT2D eigenvalue weighted by Gasteiger charge is 2.13. The number of carboxylic acids is 1. The minimum Gasteiger partial charge on any atom is -0.480 e. The number of hydrogen-bond donors (Lipinski definition) is 3. The van der Waals surface area contributed by atoms with Crippen molar-refractivity contribution in [3.05, 3.63) is 24.0 Å². The Morgan fingerprint density at radius 2 is 2.16 bits per heavy atom. The number of nitrogens with one attached hydrogen (secondary N) is 2. The lowest BCUT2D eigenvalue weighted by molar-refractivity contribution is -0.137. The predicted octanol–water partition coefficient (Wildman–Crippen LogP) is -0.119. The van der Waals surface area contributed by atoms with Gasteiger partial charge in [-0.05, 0) is 12.8 Å². The number of nitrogens with zero attached hydrogens (tertiary/aromatic N) is 3. The second-order valence-electron chi connectivity index (χ2n) is 4.27. The number of urea groups is 1. The monoisotopic (exact) mass is 265 g/mol. The molecular formula is C11H15N5O3. The molecule has 0 radical (unpaired) electrons. The van der Waals surface area contributed by atoms with Crippen LogP contribution in [0, 0.1) is 0 Å². The Labute approximate surface area is 109 Å². The maximum absolute atomic E-state index is 11.6. The number of amides is 2. The number of rotatable bonds is 5. The molecular weight excluding hydrogens is 250 g/mol. The quantitative estimate of drug-likeness (QED) is 0.643. The van der Waals surface area contributed by atoms with Crippen LogP contribution in [-0.2, 0) is 17.9 Å². The van der Waals surface area contributed by atoms with E-state index >= 15 is 0 Å². The molecule has 0 spiro atoms. The van der Waals surface area contributed by atoms with Crippen molar-refractivity contribution in [1.29, 1.82) is 0 Å². The van der Waals surface area contributed by atoms with E-state index in [4.69, 9.17) is 5.11 Å². The number of carboxylic acid groups (broad SMARTS) is 1. The molecule has 0 aromatic carbocycles. The Kier molecular flexibility index (Phi) is 4.11. The maximum atomic E-state index is 11.6. The van der Waals surface area contributed by atoms with Gasteiger partial charge < -0.3 is 15.7 Å². The van der Waals surface area contributed by atoms with Gasteiger partial charge in [0.15, 0.2) is 0 Å². The molecule has 0 saturated heterocycles. The van der Waals surface area contributed by atoms with E-state index in [0.717, 1.165) is 12.8 Å². The molecule has 2 rings (SSSR count). The molecule has 0 saturated carbocycles. The van der Waals surface area contributed by atoms with Crippen molar-refractivity contribution >= 4 is 12.0 Å². The van der Waals surface area contributed by atoms with Gasteiger partial charge in [-0.3, -0.25) is 4.79 Å². The van der Waals surface area contributed by atoms with Gasteiger partial charge in [0, 0.05) is 6.04 Å². The molecule has 1 aromatic heterocycles. The highest BCUT2D eigenvalue weighted by Crippen LogP contribution is 2.08. The van der Waals surface area contributed by atoms with Crippen molar-refractivity contribution in [1.82, 2.24) is 25.6 Å². The summed E-state index contributed by atoms with van der Waals surface area (Å²) in [6.45, 7) is -0.0292. The van der Waals surface area contributed by atoms with E-state index < -0.39 is 5.97 Å². The van der Waals surface area contributed by atoms with Crippen LogP contribution in [-0.4, -0.2) is 38.1 Å². The highest BCUT2D eigenvalue weighted by molar-refractivity contribution is 5.74. The third kappa shape index (κ3) is 4.09. The zero-order valence-electron chi connectivity index (χ0n) is 10.2. The summed E-state index contributed by atoms with van der Waals surface area (Å²) >= 11 is 0. The molecule has 8 heteroatoms. The summed E-state index contributed by atoms with van der Waals surface area (Å²) in [4.78, 5) is 22.0. The molecule has 102 valence electrons. The summed E-state index contributed by atoms with van der Waals surface area (Å²) in [6, 6.07) is -0.107. The second-order valence-corrected chi connectivity index (χ2v) is 4.27. The van der Waals surface area contributed by atoms with Crippen LogP contribution in [0.5, 0.6) is 0 Å². The van der Waals surface area contributed by atoms with Gasteiger partial charge in [0.1, 0.15) is 12.2 Å². The molecule has 3 N–H and O–H groups in total. The first-order valence-electron chi connectivity index (χ1n) is 5.93. The third-order valence-electron chi connectivity index (χ3n) is 2.66. The van der Waals surface area contributed by atoms with Crippen LogP contribution < -0.4 is 10.6 Å². The van der Waals surface area contributed by atoms with Gasteiger partial charge in [0.25, 0.3) is 0 Å². The summed E-state index contributed by atoms with van der Waals surface area (Å²) in [7, 11) is 0. The molecule has 2 amide bonds. The van der Waals surface area contributed by atoms with Crippen LogP contribution in [0.3, 0.4) is 0 Å². The van der Waals surface area contributed by atoms with Gasteiger partial charge in [-0.2, -0.15) is 0 Å². The normalized spacial score (nSPS) is 14.5. The number of aliphatic carboxylic acids is 1. The first-order chi connectivity index (χ1) is 9.13. The zero-order valence-corrected chi connectivity index (χ0v) is 10.2. The van der Waals surface area contributed by atoms with Crippen LogP contribution in [0.15, 0.2) is 18.3 Å². The fraction of sp³-hybridized carbons (Fsp3) is 0.455. The molecule has 8 nitrogen and oxygen atoms in total. The van der Waals surface area contributed by atoms with Gasteiger partial charge in [-0.25, -0.2) is 9.48 Å². The summed E-state index contributed by atoms with van der Waals surface area (Å²) in [5.41, 5.74) is 0.515. The van der Waals surface area contributed by atoms with Crippen molar-refractivity contribution < 1.29 is 14.7 Å². The van der Waals surface area contributed by atoms with E-state index in [1.165, 1.54) is 10.9 Å². The molecule has 1 aromatic rings. The average molecular weight is 265 g/mol. The van der Waals surface area contributed by atoms with Gasteiger partial charge in [0.05, 0.1) is 12.7 Å². The zero-order chi connectivity index (χ0) is 13.7. The first kappa shape index (κ1) is 13.1. The van der Waals surface area contributed by atoms with Gasteiger partial charge in [0.2, 0.25) is 0 Å². The lowest BCUT2D eigenvalue weighted by atomic mass is 10.2. The Morgan fingerprint density at radius 1 is 1.42 bits per heavy atom. The average Bonchev–Trinajstić information content (AvgIpc) is 2.97. The van der Waals surface area contributed by atoms with Gasteiger partial charge in [-0.1, -0.05) is 17.4 Å². The number of carbonyl (C=O) groups excluding carboxylic acids is 1. The molecule has 1 aliphatic rings. The van der Waals surface area contributed by atoms with Crippen molar-refractivity contribution in [2.45, 2.75) is 32.0 Å². The molecule has 1 aliphatic carbocycles. The smallest absolute Gasteiger partial charge is 0.325 e. The second kappa shape index (κ2) is 5.98. The van der Waals surface area contributed by atoms with E-state index in [1.54, 1.807) is 0 Å². The van der Waals surface area contributed by atoms with Crippen molar-refractivity contribution in [3.63, 3.8) is 0 Å². The minimum atomic E-state index is -0.990. The summed E-state index contributed by atoms with van der Waals surface area (Å²) in [5.74, 6) is -0.990. The molecule has 0 bridgehead atoms. The van der Waals surface area contributed by atoms with Crippen LogP contribution >= 0.6 is 0 Å². The highest BCUT2D eigenvalue weighted by atomic mass is 16.4. The van der Waals surface area contributed by atoms with E-state index in [0.29, 0.717) is 5.69 Å². The van der Waals surface area contributed by atoms with E-state index in [-0.39, 0.29) is 25.2 Å². The molecule has 0 atom stereocenters. The van der Waals surface area contributed by atoms with E-state index in [1.807, 2.05) is 12.2 Å². The van der Waals surface area contributed by atoms with E-state index in [9.17, 15) is 9.59 Å². The maximum Gasteiger partial charge on any atom is 0.325 e. The number of aromatic nitrogens is 3. The third-order valence-corrected chi connectivity index (χ3v) is 2.66. The van der Waals surface area contributed by atoms with Crippen molar-refractivity contribution in [2.75, 3.05) is 0 Å². The topological polar surface area (TPSA) is 109 Å². The van der Waals surface area contributed by atoms with Crippen LogP contribution in [0.2, 0.25) is 0 Å². The summed E-state index contributed by atoms with van der Waals surface area (Å²) < 4.78 is 1.21. The molecule has 19 heavy (non-hydrogen) atoms. The van der Waals surface area contributed by atoms with Gasteiger partial charge >= 0.3 is 12.0 Å². The number of carbonyl (C=O) groups is 2.